The van der Waals surface area contributed by atoms with Crippen molar-refractivity contribution in [1.29, 1.82) is 0 Å². The molecule has 2 bridgehead atoms. The maximum Gasteiger partial charge on any atom is 0.373 e. The number of hydrogen-bond acceptors (Lipinski definition) is 4. The van der Waals surface area contributed by atoms with Gasteiger partial charge in [0, 0.05) is 5.57 Å². The van der Waals surface area contributed by atoms with Crippen LogP contribution in [-0.2, 0) is 14.3 Å². The molecule has 104 valence electrons. The van der Waals surface area contributed by atoms with Crippen LogP contribution in [-0.4, -0.2) is 23.5 Å². The van der Waals surface area contributed by atoms with Crippen LogP contribution in [0, 0.1) is 16.7 Å². The number of allylic oxidation sites excluding steroid dienone is 2. The van der Waals surface area contributed by atoms with Gasteiger partial charge in [-0.15, -0.1) is 6.58 Å². The standard InChI is InChI=1S/C15H20O4/c1-5-15-8-7-9(14(15,3)4)10(12(15)17)11(16)13(18)19-6-2/h5,9,16H,1,6-8H2,2-4H3/b11-10-. The van der Waals surface area contributed by atoms with Gasteiger partial charge in [-0.1, -0.05) is 19.9 Å². The molecule has 2 saturated carbocycles. The first-order chi connectivity index (χ1) is 8.83. The lowest BCUT2D eigenvalue weighted by molar-refractivity contribution is -0.142. The fraction of sp³-hybridized carbons (Fsp3) is 0.600. The highest BCUT2D eigenvalue weighted by Crippen LogP contribution is 2.66. The predicted octanol–water partition coefficient (Wildman–Crippen LogP) is 2.55. The Balaban J connectivity index is 2.53. The first-order valence-corrected chi connectivity index (χ1v) is 6.62. The molecular formula is C15H20O4. The van der Waals surface area contributed by atoms with Crippen LogP contribution in [0.15, 0.2) is 24.0 Å². The van der Waals surface area contributed by atoms with Crippen molar-refractivity contribution in [2.45, 2.75) is 33.6 Å². The number of ether oxygens (including phenoxy) is 1. The number of aliphatic hydroxyl groups excluding tert-OH is 1. The summed E-state index contributed by atoms with van der Waals surface area (Å²) in [6.45, 7) is 9.62. The summed E-state index contributed by atoms with van der Waals surface area (Å²) in [7, 11) is 0. The van der Waals surface area contributed by atoms with E-state index in [9.17, 15) is 14.7 Å². The molecular weight excluding hydrogens is 244 g/mol. The molecule has 4 nitrogen and oxygen atoms in total. The normalized spacial score (nSPS) is 34.3. The topological polar surface area (TPSA) is 63.6 Å². The molecule has 2 aliphatic carbocycles. The lowest BCUT2D eigenvalue weighted by Gasteiger charge is -2.32. The van der Waals surface area contributed by atoms with Gasteiger partial charge in [-0.3, -0.25) is 4.79 Å². The van der Waals surface area contributed by atoms with Gasteiger partial charge in [0.05, 0.1) is 12.0 Å². The van der Waals surface area contributed by atoms with Gasteiger partial charge < -0.3 is 9.84 Å². The van der Waals surface area contributed by atoms with Crippen molar-refractivity contribution in [3.63, 3.8) is 0 Å². The van der Waals surface area contributed by atoms with E-state index in [0.29, 0.717) is 0 Å². The number of ketones is 1. The Morgan fingerprint density at radius 3 is 2.68 bits per heavy atom. The molecule has 0 aliphatic heterocycles. The molecule has 0 radical (unpaired) electrons. The summed E-state index contributed by atoms with van der Waals surface area (Å²) in [5, 5.41) is 10.0. The monoisotopic (exact) mass is 264 g/mol. The van der Waals surface area contributed by atoms with Crippen LogP contribution in [0.3, 0.4) is 0 Å². The first kappa shape index (κ1) is 13.8. The van der Waals surface area contributed by atoms with Gasteiger partial charge in [0.1, 0.15) is 0 Å². The Kier molecular flexibility index (Phi) is 3.07. The van der Waals surface area contributed by atoms with Crippen molar-refractivity contribution >= 4 is 11.8 Å². The molecule has 2 unspecified atom stereocenters. The Morgan fingerprint density at radius 2 is 2.21 bits per heavy atom. The number of carbonyl (C=O) groups excluding carboxylic acids is 2. The Hall–Kier alpha value is -1.58. The number of esters is 1. The van der Waals surface area contributed by atoms with Crippen molar-refractivity contribution in [1.82, 2.24) is 0 Å². The van der Waals surface area contributed by atoms with Gasteiger partial charge in [0.25, 0.3) is 0 Å². The van der Waals surface area contributed by atoms with Crippen molar-refractivity contribution in [3.05, 3.63) is 24.0 Å². The van der Waals surface area contributed by atoms with Gasteiger partial charge in [-0.05, 0) is 31.1 Å². The smallest absolute Gasteiger partial charge is 0.373 e. The number of Topliss-reactive ketones (excluding diaryl/α,β-unsaturated/α-hetero) is 1. The third-order valence-electron chi connectivity index (χ3n) is 4.92. The minimum atomic E-state index is -0.812. The molecule has 0 aromatic rings. The van der Waals surface area contributed by atoms with E-state index in [-0.39, 0.29) is 29.3 Å². The maximum atomic E-state index is 12.6. The fourth-order valence-electron chi connectivity index (χ4n) is 3.72. The highest BCUT2D eigenvalue weighted by atomic mass is 16.5. The van der Waals surface area contributed by atoms with E-state index in [0.717, 1.165) is 12.8 Å². The highest BCUT2D eigenvalue weighted by molar-refractivity contribution is 6.10. The number of rotatable bonds is 3. The molecule has 2 aliphatic rings. The van der Waals surface area contributed by atoms with Gasteiger partial charge in [0.15, 0.2) is 5.78 Å². The first-order valence-electron chi connectivity index (χ1n) is 6.62. The summed E-state index contributed by atoms with van der Waals surface area (Å²) >= 11 is 0. The van der Waals surface area contributed by atoms with E-state index in [4.69, 9.17) is 4.74 Å². The second-order valence-electron chi connectivity index (χ2n) is 5.80. The molecule has 0 aromatic heterocycles. The van der Waals surface area contributed by atoms with Crippen LogP contribution in [0.1, 0.15) is 33.6 Å². The molecule has 2 atom stereocenters. The Morgan fingerprint density at radius 1 is 1.58 bits per heavy atom. The molecule has 0 heterocycles. The van der Waals surface area contributed by atoms with E-state index in [1.165, 1.54) is 0 Å². The number of aliphatic hydroxyl groups is 1. The van der Waals surface area contributed by atoms with E-state index >= 15 is 0 Å². The van der Waals surface area contributed by atoms with Crippen LogP contribution < -0.4 is 0 Å². The summed E-state index contributed by atoms with van der Waals surface area (Å²) in [6.07, 6.45) is 3.19. The van der Waals surface area contributed by atoms with Gasteiger partial charge in [-0.2, -0.15) is 0 Å². The SMILES string of the molecule is C=CC12CCC(/C(=C(/O)C(=O)OCC)C1=O)C2(C)C. The van der Waals surface area contributed by atoms with E-state index in [1.54, 1.807) is 13.0 Å². The molecule has 4 heteroatoms. The zero-order valence-electron chi connectivity index (χ0n) is 11.7. The van der Waals surface area contributed by atoms with Crippen molar-refractivity contribution in [3.8, 4) is 0 Å². The summed E-state index contributed by atoms with van der Waals surface area (Å²) in [5.74, 6) is -1.61. The largest absolute Gasteiger partial charge is 0.502 e. The average Bonchev–Trinajstić information content (AvgIpc) is 2.71. The third-order valence-corrected chi connectivity index (χ3v) is 4.92. The van der Waals surface area contributed by atoms with Gasteiger partial charge in [0.2, 0.25) is 5.76 Å². The third kappa shape index (κ3) is 1.52. The molecule has 0 saturated heterocycles. The predicted molar refractivity (Wildman–Crippen MR) is 70.4 cm³/mol. The number of fused-ring (bicyclic) bond motifs is 2. The van der Waals surface area contributed by atoms with Crippen molar-refractivity contribution in [2.24, 2.45) is 16.7 Å². The Labute approximate surface area is 113 Å². The second kappa shape index (κ2) is 4.22. The van der Waals surface area contributed by atoms with Crippen molar-refractivity contribution < 1.29 is 19.4 Å². The minimum Gasteiger partial charge on any atom is -0.502 e. The summed E-state index contributed by atoms with van der Waals surface area (Å²) in [4.78, 5) is 24.2. The molecule has 2 fully saturated rings. The van der Waals surface area contributed by atoms with Crippen LogP contribution in [0.2, 0.25) is 0 Å². The van der Waals surface area contributed by atoms with Crippen molar-refractivity contribution in [2.75, 3.05) is 6.61 Å². The maximum absolute atomic E-state index is 12.6. The van der Waals surface area contributed by atoms with E-state index in [2.05, 4.69) is 6.58 Å². The zero-order valence-corrected chi connectivity index (χ0v) is 11.7. The minimum absolute atomic E-state index is 0.109. The molecule has 2 rings (SSSR count). The summed E-state index contributed by atoms with van der Waals surface area (Å²) in [6, 6.07) is 0. The zero-order chi connectivity index (χ0) is 14.4. The lowest BCUT2D eigenvalue weighted by atomic mass is 9.69. The molecule has 1 N–H and O–H groups in total. The van der Waals surface area contributed by atoms with Crippen LogP contribution in [0.25, 0.3) is 0 Å². The van der Waals surface area contributed by atoms with Crippen LogP contribution in [0.5, 0.6) is 0 Å². The average molecular weight is 264 g/mol. The second-order valence-corrected chi connectivity index (χ2v) is 5.80. The molecule has 19 heavy (non-hydrogen) atoms. The quantitative estimate of drug-likeness (QED) is 0.368. The lowest BCUT2D eigenvalue weighted by Crippen LogP contribution is -2.33. The molecule has 0 amide bonds. The van der Waals surface area contributed by atoms with E-state index < -0.39 is 17.1 Å². The number of hydrogen-bond donors (Lipinski definition) is 1. The summed E-state index contributed by atoms with van der Waals surface area (Å²) in [5.41, 5.74) is -0.746. The molecule has 0 aromatic carbocycles. The fourth-order valence-corrected chi connectivity index (χ4v) is 3.72. The van der Waals surface area contributed by atoms with Crippen LogP contribution in [0.4, 0.5) is 0 Å². The number of carbonyl (C=O) groups is 2. The summed E-state index contributed by atoms with van der Waals surface area (Å²) < 4.78 is 4.78. The Bertz CT molecular complexity index is 486. The van der Waals surface area contributed by atoms with E-state index in [1.807, 2.05) is 13.8 Å². The van der Waals surface area contributed by atoms with Crippen LogP contribution >= 0.6 is 0 Å². The molecule has 0 spiro atoms. The van der Waals surface area contributed by atoms with Gasteiger partial charge >= 0.3 is 5.97 Å². The highest BCUT2D eigenvalue weighted by Gasteiger charge is 2.66. The van der Waals surface area contributed by atoms with Gasteiger partial charge in [-0.25, -0.2) is 4.79 Å².